The molecule has 3 heteroatoms. The fourth-order valence-corrected chi connectivity index (χ4v) is 3.14. The SMILES string of the molecule is CCCNC(Cc1ccccc1OC)C1(C)CCCCO1. The monoisotopic (exact) mass is 291 g/mol. The molecule has 0 radical (unpaired) electrons. The topological polar surface area (TPSA) is 30.5 Å². The van der Waals surface area contributed by atoms with E-state index in [2.05, 4.69) is 31.3 Å². The molecule has 1 fully saturated rings. The van der Waals surface area contributed by atoms with Crippen LogP contribution in [0, 0.1) is 0 Å². The number of nitrogens with one attached hydrogen (secondary N) is 1. The van der Waals surface area contributed by atoms with E-state index in [-0.39, 0.29) is 5.60 Å². The van der Waals surface area contributed by atoms with Crippen LogP contribution in [-0.4, -0.2) is 31.9 Å². The number of rotatable bonds is 7. The highest BCUT2D eigenvalue weighted by Gasteiger charge is 2.36. The summed E-state index contributed by atoms with van der Waals surface area (Å²) in [6.45, 7) is 6.37. The number of para-hydroxylation sites is 1. The van der Waals surface area contributed by atoms with Gasteiger partial charge in [0, 0.05) is 12.6 Å². The second-order valence-electron chi connectivity index (χ2n) is 6.14. The molecule has 0 spiro atoms. The van der Waals surface area contributed by atoms with Gasteiger partial charge < -0.3 is 14.8 Å². The van der Waals surface area contributed by atoms with Crippen LogP contribution in [0.3, 0.4) is 0 Å². The maximum Gasteiger partial charge on any atom is 0.122 e. The minimum atomic E-state index is -0.0751. The first-order valence-electron chi connectivity index (χ1n) is 8.19. The van der Waals surface area contributed by atoms with Gasteiger partial charge in [-0.25, -0.2) is 0 Å². The molecule has 2 unspecified atom stereocenters. The molecule has 0 bridgehead atoms. The Hall–Kier alpha value is -1.06. The fraction of sp³-hybridized carbons (Fsp3) is 0.667. The zero-order valence-electron chi connectivity index (χ0n) is 13.7. The first kappa shape index (κ1) is 16.3. The molecule has 21 heavy (non-hydrogen) atoms. The van der Waals surface area contributed by atoms with E-state index < -0.39 is 0 Å². The third-order valence-electron chi connectivity index (χ3n) is 4.49. The van der Waals surface area contributed by atoms with Gasteiger partial charge in [-0.2, -0.15) is 0 Å². The number of ether oxygens (including phenoxy) is 2. The van der Waals surface area contributed by atoms with Crippen molar-refractivity contribution in [3.63, 3.8) is 0 Å². The minimum Gasteiger partial charge on any atom is -0.496 e. The Morgan fingerprint density at radius 1 is 1.33 bits per heavy atom. The molecular weight excluding hydrogens is 262 g/mol. The second-order valence-corrected chi connectivity index (χ2v) is 6.14. The lowest BCUT2D eigenvalue weighted by Crippen LogP contribution is -2.53. The van der Waals surface area contributed by atoms with Crippen molar-refractivity contribution >= 4 is 0 Å². The summed E-state index contributed by atoms with van der Waals surface area (Å²) in [5.41, 5.74) is 1.18. The van der Waals surface area contributed by atoms with Crippen molar-refractivity contribution in [1.82, 2.24) is 5.32 Å². The summed E-state index contributed by atoms with van der Waals surface area (Å²) in [6.07, 6.45) is 5.65. The maximum atomic E-state index is 6.17. The van der Waals surface area contributed by atoms with E-state index in [0.717, 1.165) is 38.2 Å². The third-order valence-corrected chi connectivity index (χ3v) is 4.49. The Balaban J connectivity index is 2.15. The largest absolute Gasteiger partial charge is 0.496 e. The highest BCUT2D eigenvalue weighted by atomic mass is 16.5. The Morgan fingerprint density at radius 2 is 2.14 bits per heavy atom. The number of hydrogen-bond donors (Lipinski definition) is 1. The number of hydrogen-bond acceptors (Lipinski definition) is 3. The van der Waals surface area contributed by atoms with Crippen molar-refractivity contribution in [3.05, 3.63) is 29.8 Å². The Labute approximate surface area is 129 Å². The summed E-state index contributed by atoms with van der Waals surface area (Å²) >= 11 is 0. The molecule has 1 N–H and O–H groups in total. The molecule has 1 aliphatic heterocycles. The molecule has 1 saturated heterocycles. The lowest BCUT2D eigenvalue weighted by Gasteiger charge is -2.41. The van der Waals surface area contributed by atoms with Crippen molar-refractivity contribution in [2.45, 2.75) is 57.6 Å². The molecule has 0 amide bonds. The van der Waals surface area contributed by atoms with Crippen molar-refractivity contribution in [1.29, 1.82) is 0 Å². The zero-order valence-corrected chi connectivity index (χ0v) is 13.7. The van der Waals surface area contributed by atoms with E-state index in [1.54, 1.807) is 7.11 Å². The zero-order chi connectivity index (χ0) is 15.1. The van der Waals surface area contributed by atoms with Gasteiger partial charge in [-0.05, 0) is 57.2 Å². The van der Waals surface area contributed by atoms with Gasteiger partial charge in [-0.3, -0.25) is 0 Å². The van der Waals surface area contributed by atoms with E-state index in [4.69, 9.17) is 9.47 Å². The molecule has 1 heterocycles. The average Bonchev–Trinajstić information content (AvgIpc) is 2.52. The Morgan fingerprint density at radius 3 is 2.81 bits per heavy atom. The van der Waals surface area contributed by atoms with Crippen molar-refractivity contribution < 1.29 is 9.47 Å². The van der Waals surface area contributed by atoms with E-state index in [1.165, 1.54) is 18.4 Å². The average molecular weight is 291 g/mol. The highest BCUT2D eigenvalue weighted by Crippen LogP contribution is 2.31. The second kappa shape index (κ2) is 7.81. The van der Waals surface area contributed by atoms with Gasteiger partial charge in [0.05, 0.1) is 12.7 Å². The summed E-state index contributed by atoms with van der Waals surface area (Å²) in [5.74, 6) is 0.972. The predicted molar refractivity (Wildman–Crippen MR) is 87.0 cm³/mol. The third kappa shape index (κ3) is 4.21. The van der Waals surface area contributed by atoms with Gasteiger partial charge in [0.15, 0.2) is 0 Å². The summed E-state index contributed by atoms with van der Waals surface area (Å²) in [5, 5.41) is 3.70. The minimum absolute atomic E-state index is 0.0751. The summed E-state index contributed by atoms with van der Waals surface area (Å²) < 4.78 is 11.7. The van der Waals surface area contributed by atoms with Crippen LogP contribution >= 0.6 is 0 Å². The first-order valence-corrected chi connectivity index (χ1v) is 8.19. The molecule has 118 valence electrons. The molecule has 3 nitrogen and oxygen atoms in total. The summed E-state index contributed by atoms with van der Waals surface area (Å²) in [7, 11) is 1.74. The molecule has 1 aliphatic rings. The van der Waals surface area contributed by atoms with Crippen LogP contribution in [-0.2, 0) is 11.2 Å². The van der Waals surface area contributed by atoms with Gasteiger partial charge in [0.25, 0.3) is 0 Å². The van der Waals surface area contributed by atoms with Crippen LogP contribution < -0.4 is 10.1 Å². The highest BCUT2D eigenvalue weighted by molar-refractivity contribution is 5.34. The summed E-state index contributed by atoms with van der Waals surface area (Å²) in [4.78, 5) is 0. The number of methoxy groups -OCH3 is 1. The van der Waals surface area contributed by atoms with Crippen LogP contribution in [0.5, 0.6) is 5.75 Å². The first-order chi connectivity index (χ1) is 10.2. The van der Waals surface area contributed by atoms with Crippen LogP contribution in [0.4, 0.5) is 0 Å². The predicted octanol–water partition coefficient (Wildman–Crippen LogP) is 3.57. The van der Waals surface area contributed by atoms with Crippen LogP contribution in [0.2, 0.25) is 0 Å². The van der Waals surface area contributed by atoms with Crippen molar-refractivity contribution in [2.24, 2.45) is 0 Å². The van der Waals surface area contributed by atoms with Gasteiger partial charge in [-0.1, -0.05) is 25.1 Å². The van der Waals surface area contributed by atoms with Crippen LogP contribution in [0.25, 0.3) is 0 Å². The Bertz CT molecular complexity index is 427. The molecule has 2 rings (SSSR count). The molecule has 0 aromatic heterocycles. The molecule has 0 aliphatic carbocycles. The van der Waals surface area contributed by atoms with E-state index in [0.29, 0.717) is 6.04 Å². The van der Waals surface area contributed by atoms with E-state index >= 15 is 0 Å². The van der Waals surface area contributed by atoms with Crippen LogP contribution in [0.15, 0.2) is 24.3 Å². The van der Waals surface area contributed by atoms with Gasteiger partial charge in [0.1, 0.15) is 5.75 Å². The van der Waals surface area contributed by atoms with Crippen LogP contribution in [0.1, 0.15) is 45.1 Å². The van der Waals surface area contributed by atoms with Gasteiger partial charge in [0.2, 0.25) is 0 Å². The standard InChI is InChI=1S/C18H29NO2/c1-4-12-19-17(18(2)11-7-8-13-21-18)14-15-9-5-6-10-16(15)20-3/h5-6,9-10,17,19H,4,7-8,11-14H2,1-3H3. The van der Waals surface area contributed by atoms with E-state index in [9.17, 15) is 0 Å². The Kier molecular flexibility index (Phi) is 6.07. The molecule has 1 aromatic rings. The molecule has 1 aromatic carbocycles. The number of benzene rings is 1. The smallest absolute Gasteiger partial charge is 0.122 e. The molecule has 2 atom stereocenters. The molecule has 0 saturated carbocycles. The van der Waals surface area contributed by atoms with Crippen molar-refractivity contribution in [2.75, 3.05) is 20.3 Å². The fourth-order valence-electron chi connectivity index (χ4n) is 3.14. The summed E-state index contributed by atoms with van der Waals surface area (Å²) in [6, 6.07) is 8.63. The maximum absolute atomic E-state index is 6.17. The molecular formula is C18H29NO2. The van der Waals surface area contributed by atoms with Gasteiger partial charge >= 0.3 is 0 Å². The van der Waals surface area contributed by atoms with E-state index in [1.807, 2.05) is 12.1 Å². The normalized spacial score (nSPS) is 23.8. The van der Waals surface area contributed by atoms with Gasteiger partial charge in [-0.15, -0.1) is 0 Å². The van der Waals surface area contributed by atoms with Crippen molar-refractivity contribution in [3.8, 4) is 5.75 Å². The quantitative estimate of drug-likeness (QED) is 0.833. The lowest BCUT2D eigenvalue weighted by molar-refractivity contribution is -0.0884. The lowest BCUT2D eigenvalue weighted by atomic mass is 9.84.